The van der Waals surface area contributed by atoms with Crippen LogP contribution in [0.5, 0.6) is 0 Å². The molecule has 1 unspecified atom stereocenters. The van der Waals surface area contributed by atoms with Crippen LogP contribution in [-0.4, -0.2) is 27.9 Å². The Morgan fingerprint density at radius 1 is 0.971 bits per heavy atom. The van der Waals surface area contributed by atoms with Crippen molar-refractivity contribution in [3.05, 3.63) is 76.8 Å². The lowest BCUT2D eigenvalue weighted by Crippen LogP contribution is -2.30. The fourth-order valence-electron chi connectivity index (χ4n) is 4.34. The van der Waals surface area contributed by atoms with Crippen LogP contribution >= 0.6 is 11.3 Å². The molecule has 0 saturated carbocycles. The molecule has 2 aromatic heterocycles. The quantitative estimate of drug-likeness (QED) is 0.293. The number of aryl methyl sites for hydroxylation is 1. The van der Waals surface area contributed by atoms with Crippen molar-refractivity contribution in [2.45, 2.75) is 45.1 Å². The highest BCUT2D eigenvalue weighted by atomic mass is 32.1. The van der Waals surface area contributed by atoms with Crippen LogP contribution in [0, 0.1) is 0 Å². The molecule has 0 spiro atoms. The summed E-state index contributed by atoms with van der Waals surface area (Å²) in [5.41, 5.74) is 5.02. The summed E-state index contributed by atoms with van der Waals surface area (Å²) in [7, 11) is 0. The van der Waals surface area contributed by atoms with Gasteiger partial charge in [-0.1, -0.05) is 55.0 Å². The second kappa shape index (κ2) is 9.73. The summed E-state index contributed by atoms with van der Waals surface area (Å²) < 4.78 is 5.67. The van der Waals surface area contributed by atoms with Gasteiger partial charge in [-0.15, -0.1) is 11.3 Å². The lowest BCUT2D eigenvalue weighted by Gasteiger charge is -2.17. The largest absolute Gasteiger partial charge is 0.449 e. The van der Waals surface area contributed by atoms with Gasteiger partial charge < -0.3 is 4.74 Å². The molecule has 0 radical (unpaired) electrons. The Balaban J connectivity index is 1.35. The molecule has 1 N–H and O–H groups in total. The lowest BCUT2D eigenvalue weighted by molar-refractivity contribution is -0.123. The molecular weight excluding hydrogens is 446 g/mol. The first kappa shape index (κ1) is 22.2. The summed E-state index contributed by atoms with van der Waals surface area (Å²) in [6.07, 6.45) is 3.86. The van der Waals surface area contributed by atoms with E-state index >= 15 is 0 Å². The van der Waals surface area contributed by atoms with E-state index in [1.807, 2.05) is 60.0 Å². The molecule has 1 amide bonds. The van der Waals surface area contributed by atoms with E-state index < -0.39 is 18.0 Å². The number of amides is 1. The maximum Gasteiger partial charge on any atom is 0.339 e. The zero-order chi connectivity index (χ0) is 23.5. The molecule has 5 rings (SSSR count). The van der Waals surface area contributed by atoms with Gasteiger partial charge in [0.2, 0.25) is 0 Å². The maximum absolute atomic E-state index is 13.4. The number of anilines is 1. The zero-order valence-electron chi connectivity index (χ0n) is 18.9. The van der Waals surface area contributed by atoms with Crippen molar-refractivity contribution >= 4 is 39.2 Å². The molecule has 2 heterocycles. The number of pyridine rings is 1. The number of carbonyl (C=O) groups excluding carboxylic acids is 2. The van der Waals surface area contributed by atoms with Crippen LogP contribution in [0.3, 0.4) is 0 Å². The van der Waals surface area contributed by atoms with E-state index in [0.717, 1.165) is 65.5 Å². The Bertz CT molecular complexity index is 1350. The first-order valence-electron chi connectivity index (χ1n) is 11.5. The van der Waals surface area contributed by atoms with Crippen LogP contribution in [0.2, 0.25) is 0 Å². The van der Waals surface area contributed by atoms with Gasteiger partial charge in [0.1, 0.15) is 0 Å². The van der Waals surface area contributed by atoms with E-state index in [1.165, 1.54) is 11.3 Å². The first-order chi connectivity index (χ1) is 16.6. The Morgan fingerprint density at radius 3 is 2.59 bits per heavy atom. The SMILES string of the molecule is CC(OC(=O)c1c2c(nc3ccccc13)CCCCC2)C(=O)Nc1nc(-c2ccccc2)cs1. The molecule has 6 nitrogen and oxygen atoms in total. The molecule has 0 aliphatic heterocycles. The summed E-state index contributed by atoms with van der Waals surface area (Å²) in [6.45, 7) is 1.58. The number of aromatic nitrogens is 2. The number of fused-ring (bicyclic) bond motifs is 2. The average molecular weight is 472 g/mol. The van der Waals surface area contributed by atoms with Crippen LogP contribution in [0.4, 0.5) is 5.13 Å². The van der Waals surface area contributed by atoms with E-state index in [9.17, 15) is 9.59 Å². The lowest BCUT2D eigenvalue weighted by atomic mass is 9.97. The third kappa shape index (κ3) is 4.56. The smallest absolute Gasteiger partial charge is 0.339 e. The number of hydrogen-bond acceptors (Lipinski definition) is 6. The molecule has 2 aromatic carbocycles. The van der Waals surface area contributed by atoms with Crippen LogP contribution < -0.4 is 5.32 Å². The molecule has 0 saturated heterocycles. The molecule has 0 fully saturated rings. The van der Waals surface area contributed by atoms with Gasteiger partial charge in [-0.05, 0) is 44.2 Å². The standard InChI is InChI=1S/C27H25N3O3S/c1-17(25(31)30-27-29-23(16-34-27)18-10-4-2-5-11-18)33-26(32)24-19-12-6-3-7-14-21(19)28-22-15-9-8-13-20(22)24/h2,4-5,8-11,13,15-17H,3,6-7,12,14H2,1H3,(H,29,30,31). The van der Waals surface area contributed by atoms with Crippen molar-refractivity contribution < 1.29 is 14.3 Å². The van der Waals surface area contributed by atoms with E-state index in [0.29, 0.717) is 10.7 Å². The minimum atomic E-state index is -0.968. The van der Waals surface area contributed by atoms with Crippen molar-refractivity contribution in [1.29, 1.82) is 0 Å². The van der Waals surface area contributed by atoms with E-state index in [4.69, 9.17) is 9.72 Å². The molecule has 172 valence electrons. The van der Waals surface area contributed by atoms with E-state index in [-0.39, 0.29) is 0 Å². The number of thiazole rings is 1. The molecule has 0 bridgehead atoms. The number of nitrogens with one attached hydrogen (secondary N) is 1. The monoisotopic (exact) mass is 471 g/mol. The van der Waals surface area contributed by atoms with Crippen molar-refractivity contribution in [1.82, 2.24) is 9.97 Å². The molecule has 1 aliphatic carbocycles. The van der Waals surface area contributed by atoms with Crippen molar-refractivity contribution in [3.63, 3.8) is 0 Å². The maximum atomic E-state index is 13.4. The van der Waals surface area contributed by atoms with Gasteiger partial charge in [0.15, 0.2) is 11.2 Å². The number of hydrogen-bond donors (Lipinski definition) is 1. The minimum Gasteiger partial charge on any atom is -0.449 e. The van der Waals surface area contributed by atoms with Crippen LogP contribution in [-0.2, 0) is 22.4 Å². The summed E-state index contributed by atoms with van der Waals surface area (Å²) in [5.74, 6) is -0.893. The third-order valence-electron chi connectivity index (χ3n) is 6.08. The summed E-state index contributed by atoms with van der Waals surface area (Å²) in [6, 6.07) is 17.4. The Labute approximate surface area is 202 Å². The number of para-hydroxylation sites is 1. The molecule has 7 heteroatoms. The van der Waals surface area contributed by atoms with Gasteiger partial charge in [-0.25, -0.2) is 9.78 Å². The molecule has 34 heavy (non-hydrogen) atoms. The Hall–Kier alpha value is -3.58. The van der Waals surface area contributed by atoms with Crippen LogP contribution in [0.1, 0.15) is 47.8 Å². The number of ether oxygens (including phenoxy) is 1. The highest BCUT2D eigenvalue weighted by Gasteiger charge is 2.26. The van der Waals surface area contributed by atoms with Gasteiger partial charge in [-0.3, -0.25) is 15.1 Å². The van der Waals surface area contributed by atoms with Gasteiger partial charge >= 0.3 is 5.97 Å². The van der Waals surface area contributed by atoms with Crippen molar-refractivity contribution in [2.75, 3.05) is 5.32 Å². The summed E-state index contributed by atoms with van der Waals surface area (Å²) in [5, 5.41) is 5.90. The number of benzene rings is 2. The minimum absolute atomic E-state index is 0.410. The van der Waals surface area contributed by atoms with Gasteiger partial charge in [0, 0.05) is 22.0 Å². The Morgan fingerprint density at radius 2 is 1.74 bits per heavy atom. The third-order valence-corrected chi connectivity index (χ3v) is 6.84. The second-order valence-electron chi connectivity index (χ2n) is 8.43. The normalized spacial score (nSPS) is 14.1. The molecule has 4 aromatic rings. The fraction of sp³-hybridized carbons (Fsp3) is 0.259. The predicted octanol–water partition coefficient (Wildman–Crippen LogP) is 5.81. The summed E-state index contributed by atoms with van der Waals surface area (Å²) >= 11 is 1.34. The van der Waals surface area contributed by atoms with Gasteiger partial charge in [-0.2, -0.15) is 0 Å². The molecule has 1 atom stereocenters. The number of carbonyl (C=O) groups is 2. The number of nitrogens with zero attached hydrogens (tertiary/aromatic N) is 2. The average Bonchev–Trinajstić information content (AvgIpc) is 3.20. The predicted molar refractivity (Wildman–Crippen MR) is 134 cm³/mol. The van der Waals surface area contributed by atoms with Gasteiger partial charge in [0.25, 0.3) is 5.91 Å². The van der Waals surface area contributed by atoms with Gasteiger partial charge in [0.05, 0.1) is 16.8 Å². The highest BCUT2D eigenvalue weighted by Crippen LogP contribution is 2.30. The second-order valence-corrected chi connectivity index (χ2v) is 9.29. The van der Waals surface area contributed by atoms with E-state index in [1.54, 1.807) is 6.92 Å². The van der Waals surface area contributed by atoms with E-state index in [2.05, 4.69) is 10.3 Å². The van der Waals surface area contributed by atoms with Crippen LogP contribution in [0.25, 0.3) is 22.2 Å². The highest BCUT2D eigenvalue weighted by molar-refractivity contribution is 7.14. The van der Waals surface area contributed by atoms with Crippen molar-refractivity contribution in [3.8, 4) is 11.3 Å². The summed E-state index contributed by atoms with van der Waals surface area (Å²) in [4.78, 5) is 35.5. The molecular formula is C27H25N3O3S. The number of rotatable bonds is 5. The fourth-order valence-corrected chi connectivity index (χ4v) is 5.06. The van der Waals surface area contributed by atoms with Crippen molar-refractivity contribution in [2.24, 2.45) is 0 Å². The Kier molecular flexibility index (Phi) is 6.36. The van der Waals surface area contributed by atoms with Crippen LogP contribution in [0.15, 0.2) is 60.0 Å². The zero-order valence-corrected chi connectivity index (χ0v) is 19.7. The first-order valence-corrected chi connectivity index (χ1v) is 12.4. The molecule has 1 aliphatic rings. The number of esters is 1. The topological polar surface area (TPSA) is 81.2 Å².